The normalized spacial score (nSPS) is 11.4. The highest BCUT2D eigenvalue weighted by atomic mass is 32.2. The Hall–Kier alpha value is -1.82. The molecule has 0 saturated heterocycles. The molecule has 0 atom stereocenters. The van der Waals surface area contributed by atoms with Crippen molar-refractivity contribution in [3.63, 3.8) is 0 Å². The van der Waals surface area contributed by atoms with Gasteiger partial charge in [-0.1, -0.05) is 18.2 Å². The molecule has 0 radical (unpaired) electrons. The van der Waals surface area contributed by atoms with E-state index in [4.69, 9.17) is 0 Å². The van der Waals surface area contributed by atoms with Gasteiger partial charge in [-0.3, -0.25) is 4.79 Å². The van der Waals surface area contributed by atoms with Crippen LogP contribution in [0.4, 0.5) is 13.2 Å². The monoisotopic (exact) mass is 297 g/mol. The van der Waals surface area contributed by atoms with E-state index in [9.17, 15) is 18.0 Å². The number of benzene rings is 1. The fourth-order valence-corrected chi connectivity index (χ4v) is 2.42. The zero-order valence-corrected chi connectivity index (χ0v) is 11.3. The van der Waals surface area contributed by atoms with Gasteiger partial charge in [-0.2, -0.15) is 13.2 Å². The van der Waals surface area contributed by atoms with Gasteiger partial charge in [0.2, 0.25) is 5.12 Å². The molecule has 6 heteroatoms. The van der Waals surface area contributed by atoms with Gasteiger partial charge in [0.15, 0.2) is 0 Å². The summed E-state index contributed by atoms with van der Waals surface area (Å²) in [4.78, 5) is 16.2. The molecule has 0 aliphatic rings. The van der Waals surface area contributed by atoms with Gasteiger partial charge in [-0.05, 0) is 43.0 Å². The van der Waals surface area contributed by atoms with Crippen molar-refractivity contribution in [3.8, 4) is 0 Å². The lowest BCUT2D eigenvalue weighted by Crippen LogP contribution is -2.10. The predicted octanol–water partition coefficient (Wildman–Crippen LogP) is 4.34. The third-order valence-electron chi connectivity index (χ3n) is 2.55. The summed E-state index contributed by atoms with van der Waals surface area (Å²) in [6.45, 7) is 1.40. The first-order valence-electron chi connectivity index (χ1n) is 5.70. The number of thioether (sulfide) groups is 1. The van der Waals surface area contributed by atoms with Crippen LogP contribution in [0.3, 0.4) is 0 Å². The number of alkyl halides is 3. The van der Waals surface area contributed by atoms with Gasteiger partial charge in [0.05, 0.1) is 5.56 Å². The summed E-state index contributed by atoms with van der Waals surface area (Å²) in [6, 6.07) is 10.9. The van der Waals surface area contributed by atoms with E-state index < -0.39 is 11.9 Å². The molecule has 2 aromatic rings. The highest BCUT2D eigenvalue weighted by molar-refractivity contribution is 8.14. The van der Waals surface area contributed by atoms with Crippen LogP contribution in [0.15, 0.2) is 47.4 Å². The lowest BCUT2D eigenvalue weighted by atomic mass is 10.2. The molecule has 0 saturated carbocycles. The minimum absolute atomic E-state index is 0.0771. The van der Waals surface area contributed by atoms with E-state index in [2.05, 4.69) is 4.98 Å². The van der Waals surface area contributed by atoms with E-state index in [1.807, 2.05) is 6.07 Å². The zero-order valence-electron chi connectivity index (χ0n) is 10.4. The molecule has 1 aromatic carbocycles. The van der Waals surface area contributed by atoms with Gasteiger partial charge >= 0.3 is 6.18 Å². The second kappa shape index (κ2) is 5.66. The largest absolute Gasteiger partial charge is 0.433 e. The molecule has 20 heavy (non-hydrogen) atoms. The topological polar surface area (TPSA) is 30.0 Å². The van der Waals surface area contributed by atoms with E-state index in [1.165, 1.54) is 13.0 Å². The Labute approximate surface area is 118 Å². The average Bonchev–Trinajstić information content (AvgIpc) is 2.38. The van der Waals surface area contributed by atoms with Gasteiger partial charge in [0, 0.05) is 10.6 Å². The first-order chi connectivity index (χ1) is 9.38. The fraction of sp³-hybridized carbons (Fsp3) is 0.143. The molecule has 1 heterocycles. The van der Waals surface area contributed by atoms with Gasteiger partial charge in [0.1, 0.15) is 5.69 Å². The maximum atomic E-state index is 12.5. The Balaban J connectivity index is 2.23. The number of carbonyl (C=O) groups is 1. The summed E-state index contributed by atoms with van der Waals surface area (Å²) in [6.07, 6.45) is -4.50. The van der Waals surface area contributed by atoms with Crippen LogP contribution in [-0.2, 0) is 6.18 Å². The molecule has 0 fully saturated rings. The van der Waals surface area contributed by atoms with Gasteiger partial charge in [-0.25, -0.2) is 4.98 Å². The van der Waals surface area contributed by atoms with Crippen molar-refractivity contribution in [2.24, 2.45) is 0 Å². The minimum Gasteiger partial charge on any atom is -0.281 e. The SMILES string of the molecule is Cc1nc(C(F)(F)F)ccc1C(=O)Sc1ccccc1. The Morgan fingerprint density at radius 3 is 2.30 bits per heavy atom. The molecule has 104 valence electrons. The van der Waals surface area contributed by atoms with Crippen LogP contribution in [0.5, 0.6) is 0 Å². The number of hydrogen-bond donors (Lipinski definition) is 0. The van der Waals surface area contributed by atoms with Crippen LogP contribution in [0.25, 0.3) is 0 Å². The molecular weight excluding hydrogens is 287 g/mol. The molecule has 0 N–H and O–H groups in total. The van der Waals surface area contributed by atoms with Crippen molar-refractivity contribution in [1.29, 1.82) is 0 Å². The smallest absolute Gasteiger partial charge is 0.281 e. The third-order valence-corrected chi connectivity index (χ3v) is 3.46. The van der Waals surface area contributed by atoms with Gasteiger partial charge in [-0.15, -0.1) is 0 Å². The fourth-order valence-electron chi connectivity index (χ4n) is 1.59. The molecule has 0 spiro atoms. The van der Waals surface area contributed by atoms with E-state index in [-0.39, 0.29) is 16.4 Å². The lowest BCUT2D eigenvalue weighted by Gasteiger charge is -2.09. The van der Waals surface area contributed by atoms with Crippen molar-refractivity contribution in [2.45, 2.75) is 18.0 Å². The predicted molar refractivity (Wildman–Crippen MR) is 70.6 cm³/mol. The van der Waals surface area contributed by atoms with Crippen LogP contribution < -0.4 is 0 Å². The van der Waals surface area contributed by atoms with Crippen LogP contribution in [0, 0.1) is 6.92 Å². The lowest BCUT2D eigenvalue weighted by molar-refractivity contribution is -0.141. The Bertz CT molecular complexity index is 626. The Morgan fingerprint density at radius 2 is 1.75 bits per heavy atom. The number of halogens is 3. The second-order valence-corrected chi connectivity index (χ2v) is 5.08. The van der Waals surface area contributed by atoms with Crippen LogP contribution in [0.1, 0.15) is 21.7 Å². The van der Waals surface area contributed by atoms with Crippen molar-refractivity contribution in [1.82, 2.24) is 4.98 Å². The van der Waals surface area contributed by atoms with E-state index in [0.29, 0.717) is 0 Å². The summed E-state index contributed by atoms with van der Waals surface area (Å²) < 4.78 is 37.5. The maximum Gasteiger partial charge on any atom is 0.433 e. The molecule has 0 aliphatic carbocycles. The van der Waals surface area contributed by atoms with Crippen molar-refractivity contribution < 1.29 is 18.0 Å². The molecule has 0 aliphatic heterocycles. The maximum absolute atomic E-state index is 12.5. The van der Waals surface area contributed by atoms with Gasteiger partial charge < -0.3 is 0 Å². The second-order valence-electron chi connectivity index (χ2n) is 4.03. The molecule has 1 aromatic heterocycles. The van der Waals surface area contributed by atoms with Crippen molar-refractivity contribution in [3.05, 3.63) is 59.4 Å². The van der Waals surface area contributed by atoms with E-state index in [0.717, 1.165) is 22.7 Å². The molecule has 0 amide bonds. The highest BCUT2D eigenvalue weighted by Gasteiger charge is 2.33. The standard InChI is InChI=1S/C14H10F3NOS/c1-9-11(7-8-12(18-9)14(15,16)17)13(19)20-10-5-3-2-4-6-10/h2-8H,1H3. The first kappa shape index (κ1) is 14.6. The molecule has 0 bridgehead atoms. The number of aromatic nitrogens is 1. The highest BCUT2D eigenvalue weighted by Crippen LogP contribution is 2.29. The summed E-state index contributed by atoms with van der Waals surface area (Å²) in [5.41, 5.74) is -0.726. The van der Waals surface area contributed by atoms with Crippen LogP contribution in [-0.4, -0.2) is 10.1 Å². The summed E-state index contributed by atoms with van der Waals surface area (Å²) in [7, 11) is 0. The molecular formula is C14H10F3NOS. The number of rotatable bonds is 2. The number of hydrogen-bond acceptors (Lipinski definition) is 3. The van der Waals surface area contributed by atoms with Crippen LogP contribution in [0.2, 0.25) is 0 Å². The Morgan fingerprint density at radius 1 is 1.10 bits per heavy atom. The van der Waals surface area contributed by atoms with Gasteiger partial charge in [0.25, 0.3) is 0 Å². The number of carbonyl (C=O) groups excluding carboxylic acids is 1. The molecule has 2 nitrogen and oxygen atoms in total. The number of aryl methyl sites for hydroxylation is 1. The number of nitrogens with zero attached hydrogens (tertiary/aromatic N) is 1. The van der Waals surface area contributed by atoms with Crippen molar-refractivity contribution in [2.75, 3.05) is 0 Å². The first-order valence-corrected chi connectivity index (χ1v) is 6.51. The molecule has 2 rings (SSSR count). The van der Waals surface area contributed by atoms with Crippen LogP contribution >= 0.6 is 11.8 Å². The average molecular weight is 297 g/mol. The summed E-state index contributed by atoms with van der Waals surface area (Å²) >= 11 is 0.964. The quantitative estimate of drug-likeness (QED) is 0.772. The van der Waals surface area contributed by atoms with Crippen molar-refractivity contribution >= 4 is 16.9 Å². The van der Waals surface area contributed by atoms with E-state index >= 15 is 0 Å². The number of pyridine rings is 1. The summed E-state index contributed by atoms with van der Waals surface area (Å²) in [5.74, 6) is 0. The Kier molecular flexibility index (Phi) is 4.13. The minimum atomic E-state index is -4.50. The third kappa shape index (κ3) is 3.39. The summed E-state index contributed by atoms with van der Waals surface area (Å²) in [5, 5.41) is -0.324. The zero-order chi connectivity index (χ0) is 14.8. The molecule has 0 unspecified atom stereocenters. The van der Waals surface area contributed by atoms with E-state index in [1.54, 1.807) is 24.3 Å².